The van der Waals surface area contributed by atoms with Crippen LogP contribution in [0.5, 0.6) is 0 Å². The molecule has 0 aromatic rings. The second kappa shape index (κ2) is 5.15. The minimum absolute atomic E-state index is 0.0910. The molecule has 1 heterocycles. The molecule has 1 saturated heterocycles. The van der Waals surface area contributed by atoms with Crippen molar-refractivity contribution >= 4 is 5.97 Å². The highest BCUT2D eigenvalue weighted by Gasteiger charge is 2.41. The van der Waals surface area contributed by atoms with Gasteiger partial charge in [-0.1, -0.05) is 0 Å². The van der Waals surface area contributed by atoms with Crippen molar-refractivity contribution in [3.05, 3.63) is 0 Å². The maximum atomic E-state index is 11.4. The second-order valence-electron chi connectivity index (χ2n) is 4.59. The first-order valence-corrected chi connectivity index (χ1v) is 6.13. The van der Waals surface area contributed by atoms with Crippen molar-refractivity contribution in [2.75, 3.05) is 13.2 Å². The molecule has 1 aliphatic heterocycles. The molecule has 0 unspecified atom stereocenters. The molecule has 4 nitrogen and oxygen atoms in total. The number of carbonyl (C=O) groups is 1. The summed E-state index contributed by atoms with van der Waals surface area (Å²) in [4.78, 5) is 11.4. The Morgan fingerprint density at radius 2 is 2.25 bits per heavy atom. The number of rotatable bonds is 3. The summed E-state index contributed by atoms with van der Waals surface area (Å²) in [7, 11) is 0. The van der Waals surface area contributed by atoms with Crippen LogP contribution < -0.4 is 0 Å². The van der Waals surface area contributed by atoms with Gasteiger partial charge in [0.2, 0.25) is 0 Å². The quantitative estimate of drug-likeness (QED) is 0.690. The summed E-state index contributed by atoms with van der Waals surface area (Å²) in [5.74, 6) is 0.656. The molecule has 0 N–H and O–H groups in total. The van der Waals surface area contributed by atoms with Crippen LogP contribution in [-0.2, 0) is 19.0 Å². The Hall–Kier alpha value is -0.610. The molecular formula is C12H20O4. The summed E-state index contributed by atoms with van der Waals surface area (Å²) in [5.41, 5.74) is 0. The highest BCUT2D eigenvalue weighted by Crippen LogP contribution is 2.39. The molecular weight excluding hydrogens is 208 g/mol. The van der Waals surface area contributed by atoms with Crippen LogP contribution >= 0.6 is 0 Å². The van der Waals surface area contributed by atoms with Gasteiger partial charge in [-0.15, -0.1) is 0 Å². The number of ether oxygens (including phenoxy) is 3. The van der Waals surface area contributed by atoms with Gasteiger partial charge in [-0.2, -0.15) is 0 Å². The summed E-state index contributed by atoms with van der Waals surface area (Å²) in [6.45, 7) is 4.94. The highest BCUT2D eigenvalue weighted by atomic mass is 16.7. The van der Waals surface area contributed by atoms with Gasteiger partial charge in [0.1, 0.15) is 0 Å². The molecule has 92 valence electrons. The third-order valence-corrected chi connectivity index (χ3v) is 3.53. The van der Waals surface area contributed by atoms with Crippen LogP contribution in [0.4, 0.5) is 0 Å². The van der Waals surface area contributed by atoms with E-state index in [0.29, 0.717) is 24.9 Å². The van der Waals surface area contributed by atoms with Crippen LogP contribution in [0.15, 0.2) is 0 Å². The largest absolute Gasteiger partial charge is 0.466 e. The number of fused-ring (bicyclic) bond motifs is 1. The van der Waals surface area contributed by atoms with Gasteiger partial charge in [0.15, 0.2) is 6.29 Å². The second-order valence-corrected chi connectivity index (χ2v) is 4.59. The molecule has 1 aliphatic carbocycles. The SMILES string of the molecule is CCOC(=O)C[C@@H]1CC[C@H]2O[C@@H](C)OC[C@@H]12. The Kier molecular flexibility index (Phi) is 3.82. The van der Waals surface area contributed by atoms with Gasteiger partial charge < -0.3 is 14.2 Å². The number of hydrogen-bond donors (Lipinski definition) is 0. The van der Waals surface area contributed by atoms with E-state index in [1.54, 1.807) is 0 Å². The lowest BCUT2D eigenvalue weighted by Gasteiger charge is -2.33. The third kappa shape index (κ3) is 2.55. The molecule has 16 heavy (non-hydrogen) atoms. The maximum Gasteiger partial charge on any atom is 0.306 e. The topological polar surface area (TPSA) is 44.8 Å². The third-order valence-electron chi connectivity index (χ3n) is 3.53. The monoisotopic (exact) mass is 228 g/mol. The lowest BCUT2D eigenvalue weighted by molar-refractivity contribution is -0.224. The molecule has 0 amide bonds. The fraction of sp³-hybridized carbons (Fsp3) is 0.917. The molecule has 0 spiro atoms. The molecule has 0 bridgehead atoms. The summed E-state index contributed by atoms with van der Waals surface area (Å²) in [6.07, 6.45) is 2.79. The van der Waals surface area contributed by atoms with Crippen molar-refractivity contribution in [2.45, 2.75) is 45.5 Å². The zero-order chi connectivity index (χ0) is 11.5. The van der Waals surface area contributed by atoms with E-state index in [1.807, 2.05) is 13.8 Å². The van der Waals surface area contributed by atoms with Crippen LogP contribution in [0.25, 0.3) is 0 Å². The van der Waals surface area contributed by atoms with Crippen LogP contribution in [-0.4, -0.2) is 31.6 Å². The Labute approximate surface area is 96.2 Å². The van der Waals surface area contributed by atoms with Crippen LogP contribution in [0, 0.1) is 11.8 Å². The molecule has 4 heteroatoms. The lowest BCUT2D eigenvalue weighted by Crippen LogP contribution is -2.38. The first-order valence-electron chi connectivity index (χ1n) is 6.13. The van der Waals surface area contributed by atoms with Crippen LogP contribution in [0.3, 0.4) is 0 Å². The normalized spacial score (nSPS) is 38.1. The zero-order valence-corrected chi connectivity index (χ0v) is 9.98. The summed E-state index contributed by atoms with van der Waals surface area (Å²) in [6, 6.07) is 0. The predicted molar refractivity (Wildman–Crippen MR) is 57.8 cm³/mol. The summed E-state index contributed by atoms with van der Waals surface area (Å²) >= 11 is 0. The molecule has 2 fully saturated rings. The number of carbonyl (C=O) groups excluding carboxylic acids is 1. The molecule has 4 atom stereocenters. The Morgan fingerprint density at radius 1 is 1.44 bits per heavy atom. The van der Waals surface area contributed by atoms with E-state index in [9.17, 15) is 4.79 Å². The fourth-order valence-corrected chi connectivity index (χ4v) is 2.74. The van der Waals surface area contributed by atoms with E-state index < -0.39 is 0 Å². The molecule has 0 aromatic carbocycles. The van der Waals surface area contributed by atoms with Gasteiger partial charge in [-0.05, 0) is 32.6 Å². The lowest BCUT2D eigenvalue weighted by atomic mass is 9.92. The molecule has 0 radical (unpaired) electrons. The standard InChI is InChI=1S/C12H20O4/c1-3-14-12(13)6-9-4-5-11-10(9)7-15-8(2)16-11/h8-11H,3-7H2,1-2H3/t8-,9-,10-,11+/m0/s1. The minimum Gasteiger partial charge on any atom is -0.466 e. The highest BCUT2D eigenvalue weighted by molar-refractivity contribution is 5.69. The smallest absolute Gasteiger partial charge is 0.306 e. The number of hydrogen-bond acceptors (Lipinski definition) is 4. The summed E-state index contributed by atoms with van der Waals surface area (Å²) in [5, 5.41) is 0. The van der Waals surface area contributed by atoms with E-state index in [2.05, 4.69) is 0 Å². The Bertz CT molecular complexity index is 253. The van der Waals surface area contributed by atoms with Crippen LogP contribution in [0.2, 0.25) is 0 Å². The van der Waals surface area contributed by atoms with Crippen molar-refractivity contribution in [1.82, 2.24) is 0 Å². The van der Waals surface area contributed by atoms with E-state index in [-0.39, 0.29) is 18.4 Å². The Balaban J connectivity index is 1.86. The van der Waals surface area contributed by atoms with Gasteiger partial charge in [-0.3, -0.25) is 4.79 Å². The molecule has 2 aliphatic rings. The molecule has 0 aromatic heterocycles. The average Bonchev–Trinajstić information content (AvgIpc) is 2.61. The van der Waals surface area contributed by atoms with E-state index >= 15 is 0 Å². The summed E-state index contributed by atoms with van der Waals surface area (Å²) < 4.78 is 16.2. The fourth-order valence-electron chi connectivity index (χ4n) is 2.74. The minimum atomic E-state index is -0.0948. The van der Waals surface area contributed by atoms with Crippen molar-refractivity contribution in [3.8, 4) is 0 Å². The first kappa shape index (κ1) is 11.9. The average molecular weight is 228 g/mol. The maximum absolute atomic E-state index is 11.4. The molecule has 1 saturated carbocycles. The Morgan fingerprint density at radius 3 is 3.00 bits per heavy atom. The van der Waals surface area contributed by atoms with Crippen molar-refractivity contribution in [1.29, 1.82) is 0 Å². The van der Waals surface area contributed by atoms with Crippen molar-refractivity contribution < 1.29 is 19.0 Å². The zero-order valence-electron chi connectivity index (χ0n) is 9.98. The van der Waals surface area contributed by atoms with Crippen molar-refractivity contribution in [3.63, 3.8) is 0 Å². The van der Waals surface area contributed by atoms with Gasteiger partial charge in [0.05, 0.1) is 19.3 Å². The predicted octanol–water partition coefficient (Wildman–Crippen LogP) is 1.73. The van der Waals surface area contributed by atoms with Crippen LogP contribution in [0.1, 0.15) is 33.1 Å². The number of esters is 1. The van der Waals surface area contributed by atoms with Gasteiger partial charge in [-0.25, -0.2) is 0 Å². The van der Waals surface area contributed by atoms with Crippen molar-refractivity contribution in [2.24, 2.45) is 11.8 Å². The van der Waals surface area contributed by atoms with E-state index in [4.69, 9.17) is 14.2 Å². The van der Waals surface area contributed by atoms with E-state index in [0.717, 1.165) is 19.4 Å². The van der Waals surface area contributed by atoms with Gasteiger partial charge in [0, 0.05) is 12.3 Å². The van der Waals surface area contributed by atoms with Gasteiger partial charge >= 0.3 is 5.97 Å². The van der Waals surface area contributed by atoms with Gasteiger partial charge in [0.25, 0.3) is 0 Å². The van der Waals surface area contributed by atoms with E-state index in [1.165, 1.54) is 0 Å². The first-order chi connectivity index (χ1) is 7.70. The molecule has 2 rings (SSSR count).